The van der Waals surface area contributed by atoms with E-state index in [0.29, 0.717) is 23.9 Å². The Balaban J connectivity index is 0.000000163. The summed E-state index contributed by atoms with van der Waals surface area (Å²) in [5, 5.41) is 6.77. The van der Waals surface area contributed by atoms with E-state index in [1.807, 2.05) is 0 Å². The van der Waals surface area contributed by atoms with Crippen molar-refractivity contribution in [1.29, 1.82) is 0 Å². The lowest BCUT2D eigenvalue weighted by Crippen LogP contribution is -2.31. The van der Waals surface area contributed by atoms with E-state index >= 15 is 0 Å². The van der Waals surface area contributed by atoms with E-state index in [9.17, 15) is 0 Å². The van der Waals surface area contributed by atoms with Crippen LogP contribution in [0.4, 0.5) is 11.4 Å². The second-order valence-corrected chi connectivity index (χ2v) is 18.2. The van der Waals surface area contributed by atoms with Gasteiger partial charge >= 0.3 is 12.3 Å². The smallest absolute Gasteiger partial charge is 0.373 e. The number of fused-ring (bicyclic) bond motifs is 10. The molecule has 0 bridgehead atoms. The standard InChI is InChI=1S/C26H32N2.C25H30N2.2CO2/c1-17-11-13-22-23(14-17)27(4)19(3)16-28-24-15-18(2)10-12-21(24)25(26(22)28)20-8-6-5-7-9-20;1-16-9-11-20-22(13-16)26-18(3)15-27-23-14-17(2)10-12-21(23)24(25(20)27)19-7-5-4-6-8-19;2*2-1-3/h10-15,19-20H,5-9,16H2,1-4H3;9-14,18-19,26H,4-8,15H2,1-3H3;;. The molecule has 0 radical (unpaired) electrons. The van der Waals surface area contributed by atoms with Crippen LogP contribution in [0.1, 0.15) is 123 Å². The van der Waals surface area contributed by atoms with Crippen LogP contribution in [0.2, 0.25) is 0 Å². The van der Waals surface area contributed by atoms with Crippen LogP contribution >= 0.6 is 0 Å². The van der Waals surface area contributed by atoms with Crippen molar-refractivity contribution in [3.63, 3.8) is 0 Å². The van der Waals surface area contributed by atoms with Gasteiger partial charge in [-0.1, -0.05) is 87.1 Å². The lowest BCUT2D eigenvalue weighted by molar-refractivity contribution is -0.193. The van der Waals surface area contributed by atoms with E-state index in [4.69, 9.17) is 19.2 Å². The number of nitrogens with zero attached hydrogens (tertiary/aromatic N) is 3. The number of likely N-dealkylation sites (N-methyl/N-ethyl adjacent to an activating group) is 1. The molecule has 0 saturated heterocycles. The van der Waals surface area contributed by atoms with Gasteiger partial charge in [0.05, 0.1) is 11.4 Å². The van der Waals surface area contributed by atoms with Gasteiger partial charge in [0.25, 0.3) is 0 Å². The van der Waals surface area contributed by atoms with Gasteiger partial charge in [0.1, 0.15) is 0 Å². The van der Waals surface area contributed by atoms with Gasteiger partial charge in [-0.2, -0.15) is 19.2 Å². The fraction of sp³-hybridized carbons (Fsp3) is 0.434. The van der Waals surface area contributed by atoms with Crippen molar-refractivity contribution in [2.24, 2.45) is 0 Å². The van der Waals surface area contributed by atoms with Crippen LogP contribution in [0.15, 0.2) is 72.8 Å². The number of hydrogen-bond acceptors (Lipinski definition) is 6. The average molecular weight is 819 g/mol. The van der Waals surface area contributed by atoms with E-state index in [-0.39, 0.29) is 12.3 Å². The Hall–Kier alpha value is -5.68. The van der Waals surface area contributed by atoms with Crippen molar-refractivity contribution in [3.8, 4) is 22.5 Å². The molecular formula is C53H62N4O4. The first-order valence-corrected chi connectivity index (χ1v) is 22.4. The molecule has 2 aliphatic heterocycles. The number of benzene rings is 4. The molecule has 318 valence electrons. The van der Waals surface area contributed by atoms with Crippen molar-refractivity contribution >= 4 is 45.5 Å². The monoisotopic (exact) mass is 818 g/mol. The first-order valence-electron chi connectivity index (χ1n) is 22.4. The van der Waals surface area contributed by atoms with E-state index in [0.717, 1.165) is 13.1 Å². The SMILES string of the molecule is Cc1ccc2c(c1)N(C)C(C)Cn1c-2c(C2CCCCC2)c2ccc(C)cc21.Cc1ccc2c(c1)NC(C)Cn1c-2c(C2CCCCC2)c2ccc(C)cc21.O=C=O.O=C=O. The summed E-state index contributed by atoms with van der Waals surface area (Å²) in [6, 6.07) is 29.1. The molecule has 0 spiro atoms. The van der Waals surface area contributed by atoms with Gasteiger partial charge in [-0.3, -0.25) is 0 Å². The van der Waals surface area contributed by atoms with Gasteiger partial charge in [-0.05, 0) is 137 Å². The van der Waals surface area contributed by atoms with E-state index < -0.39 is 0 Å². The summed E-state index contributed by atoms with van der Waals surface area (Å²) in [5.74, 6) is 1.39. The molecular weight excluding hydrogens is 757 g/mol. The highest BCUT2D eigenvalue weighted by Crippen LogP contribution is 2.49. The van der Waals surface area contributed by atoms with Gasteiger partial charge in [-0.25, -0.2) is 0 Å². The predicted octanol–water partition coefficient (Wildman–Crippen LogP) is 12.4. The highest BCUT2D eigenvalue weighted by atomic mass is 16.2. The largest absolute Gasteiger partial charge is 0.380 e. The van der Waals surface area contributed by atoms with Crippen molar-refractivity contribution in [2.75, 3.05) is 17.3 Å². The van der Waals surface area contributed by atoms with E-state index in [2.05, 4.69) is 141 Å². The number of aryl methyl sites for hydroxylation is 4. The highest BCUT2D eigenvalue weighted by Gasteiger charge is 2.32. The Morgan fingerprint density at radius 2 is 0.967 bits per heavy atom. The lowest BCUT2D eigenvalue weighted by Gasteiger charge is -2.27. The molecule has 10 rings (SSSR count). The molecule has 2 fully saturated rings. The van der Waals surface area contributed by atoms with Crippen LogP contribution in [-0.2, 0) is 32.3 Å². The molecule has 61 heavy (non-hydrogen) atoms. The zero-order valence-electron chi connectivity index (χ0n) is 37.2. The number of nitrogens with one attached hydrogen (secondary N) is 1. The highest BCUT2D eigenvalue weighted by molar-refractivity contribution is 5.97. The Labute approximate surface area is 361 Å². The van der Waals surface area contributed by atoms with Crippen molar-refractivity contribution in [2.45, 2.75) is 143 Å². The summed E-state index contributed by atoms with van der Waals surface area (Å²) in [4.78, 5) is 35.0. The van der Waals surface area contributed by atoms with Gasteiger partial charge in [0.15, 0.2) is 0 Å². The Bertz CT molecular complexity index is 2580. The maximum Gasteiger partial charge on any atom is 0.373 e. The van der Waals surface area contributed by atoms with Crippen LogP contribution in [0.3, 0.4) is 0 Å². The first kappa shape index (κ1) is 43.4. The topological polar surface area (TPSA) is 93.4 Å². The zero-order valence-corrected chi connectivity index (χ0v) is 37.2. The zero-order chi connectivity index (χ0) is 43.4. The van der Waals surface area contributed by atoms with Crippen LogP contribution < -0.4 is 10.2 Å². The summed E-state index contributed by atoms with van der Waals surface area (Å²) < 4.78 is 5.26. The van der Waals surface area contributed by atoms with Gasteiger partial charge < -0.3 is 19.4 Å². The summed E-state index contributed by atoms with van der Waals surface area (Å²) >= 11 is 0. The van der Waals surface area contributed by atoms with E-state index in [1.54, 1.807) is 11.1 Å². The molecule has 2 unspecified atom stereocenters. The number of rotatable bonds is 2. The number of aromatic nitrogens is 2. The normalized spacial score (nSPS) is 18.4. The summed E-state index contributed by atoms with van der Waals surface area (Å²) in [6.07, 6.45) is 14.2. The number of carbonyl (C=O) groups excluding carboxylic acids is 4. The molecule has 4 aliphatic rings. The third-order valence-electron chi connectivity index (χ3n) is 13.7. The minimum atomic E-state index is 0.250. The van der Waals surface area contributed by atoms with E-state index in [1.165, 1.54) is 142 Å². The maximum atomic E-state index is 8.12. The van der Waals surface area contributed by atoms with Crippen LogP contribution in [0, 0.1) is 27.7 Å². The molecule has 4 heterocycles. The second kappa shape index (κ2) is 18.9. The quantitative estimate of drug-likeness (QED) is 0.187. The second-order valence-electron chi connectivity index (χ2n) is 18.2. The van der Waals surface area contributed by atoms with Crippen LogP contribution in [0.25, 0.3) is 44.3 Å². The predicted molar refractivity (Wildman–Crippen MR) is 246 cm³/mol. The van der Waals surface area contributed by atoms with Crippen molar-refractivity contribution in [1.82, 2.24) is 9.13 Å². The molecule has 8 nitrogen and oxygen atoms in total. The fourth-order valence-electron chi connectivity index (χ4n) is 10.9. The number of anilines is 2. The van der Waals surface area contributed by atoms with Gasteiger partial charge in [0, 0.05) is 76.5 Å². The molecule has 0 amide bonds. The first-order chi connectivity index (χ1) is 29.5. The molecule has 8 heteroatoms. The molecule has 2 saturated carbocycles. The van der Waals surface area contributed by atoms with Gasteiger partial charge in [0.2, 0.25) is 0 Å². The average Bonchev–Trinajstić information content (AvgIpc) is 3.63. The lowest BCUT2D eigenvalue weighted by atomic mass is 9.81. The Morgan fingerprint density at radius 1 is 0.541 bits per heavy atom. The third-order valence-corrected chi connectivity index (χ3v) is 13.7. The van der Waals surface area contributed by atoms with Crippen molar-refractivity contribution < 1.29 is 19.2 Å². The van der Waals surface area contributed by atoms with Crippen molar-refractivity contribution in [3.05, 3.63) is 106 Å². The Morgan fingerprint density at radius 3 is 1.49 bits per heavy atom. The minimum absolute atomic E-state index is 0.250. The minimum Gasteiger partial charge on any atom is -0.380 e. The number of hydrogen-bond donors (Lipinski definition) is 1. The van der Waals surface area contributed by atoms with Gasteiger partial charge in [-0.15, -0.1) is 0 Å². The summed E-state index contributed by atoms with van der Waals surface area (Å²) in [5.41, 5.74) is 20.0. The summed E-state index contributed by atoms with van der Waals surface area (Å²) in [6.45, 7) is 15.6. The molecule has 2 aromatic heterocycles. The molecule has 2 aliphatic carbocycles. The molecule has 4 aromatic carbocycles. The fourth-order valence-corrected chi connectivity index (χ4v) is 10.9. The third kappa shape index (κ3) is 8.76. The summed E-state index contributed by atoms with van der Waals surface area (Å²) in [7, 11) is 2.27. The molecule has 2 atom stereocenters. The Kier molecular flexibility index (Phi) is 13.5. The molecule has 6 aromatic rings. The molecule has 1 N–H and O–H groups in total. The van der Waals surface area contributed by atoms with Crippen LogP contribution in [0.5, 0.6) is 0 Å². The maximum absolute atomic E-state index is 8.12. The van der Waals surface area contributed by atoms with Crippen LogP contribution in [-0.4, -0.2) is 40.6 Å².